The molecule has 2 rings (SSSR count). The van der Waals surface area contributed by atoms with Crippen LogP contribution in [-0.2, 0) is 0 Å². The molecule has 2 atom stereocenters. The van der Waals surface area contributed by atoms with E-state index >= 15 is 0 Å². The average molecular weight is 252 g/mol. The molecule has 2 fully saturated rings. The second kappa shape index (κ2) is 7.49. The molecule has 1 N–H and O–H groups in total. The van der Waals surface area contributed by atoms with Gasteiger partial charge in [-0.15, -0.1) is 0 Å². The van der Waals surface area contributed by atoms with Gasteiger partial charge in [-0.2, -0.15) is 0 Å². The van der Waals surface area contributed by atoms with Crippen molar-refractivity contribution < 1.29 is 0 Å². The van der Waals surface area contributed by atoms with Crippen LogP contribution in [0.2, 0.25) is 0 Å². The lowest BCUT2D eigenvalue weighted by atomic mass is 9.86. The molecule has 2 saturated carbocycles. The number of hydrogen-bond acceptors (Lipinski definition) is 2. The molecular weight excluding hydrogens is 220 g/mol. The summed E-state index contributed by atoms with van der Waals surface area (Å²) in [6.07, 6.45) is 12.7. The van der Waals surface area contributed by atoms with E-state index in [0.717, 1.165) is 18.0 Å². The highest BCUT2D eigenvalue weighted by Gasteiger charge is 2.22. The van der Waals surface area contributed by atoms with Gasteiger partial charge in [-0.05, 0) is 64.6 Å². The first-order chi connectivity index (χ1) is 8.75. The number of unbranched alkanes of at least 4 members (excludes halogenated alkanes) is 2. The maximum Gasteiger partial charge on any atom is 0.00947 e. The third kappa shape index (κ3) is 5.27. The lowest BCUT2D eigenvalue weighted by Crippen LogP contribution is -2.36. The Hall–Kier alpha value is -0.0800. The van der Waals surface area contributed by atoms with E-state index in [2.05, 4.69) is 24.2 Å². The molecule has 2 nitrogen and oxygen atoms in total. The maximum absolute atomic E-state index is 3.60. The van der Waals surface area contributed by atoms with Crippen molar-refractivity contribution in [3.63, 3.8) is 0 Å². The molecule has 106 valence electrons. The quantitative estimate of drug-likeness (QED) is 0.666. The molecule has 0 heterocycles. The van der Waals surface area contributed by atoms with Gasteiger partial charge in [0.05, 0.1) is 0 Å². The fraction of sp³-hybridized carbons (Fsp3) is 1.00. The summed E-state index contributed by atoms with van der Waals surface area (Å²) in [7, 11) is 2.34. The largest absolute Gasteiger partial charge is 0.314 e. The van der Waals surface area contributed by atoms with Crippen LogP contribution in [0.4, 0.5) is 0 Å². The minimum Gasteiger partial charge on any atom is -0.314 e. The molecule has 18 heavy (non-hydrogen) atoms. The molecule has 0 aromatic rings. The summed E-state index contributed by atoms with van der Waals surface area (Å²) in [6, 6.07) is 1.76. The first-order valence-electron chi connectivity index (χ1n) is 8.19. The summed E-state index contributed by atoms with van der Waals surface area (Å²) in [5, 5.41) is 3.60. The van der Waals surface area contributed by atoms with Gasteiger partial charge in [-0.25, -0.2) is 0 Å². The van der Waals surface area contributed by atoms with Crippen LogP contribution in [0.3, 0.4) is 0 Å². The summed E-state index contributed by atoms with van der Waals surface area (Å²) in [5.41, 5.74) is 0. The van der Waals surface area contributed by atoms with Crippen LogP contribution < -0.4 is 5.32 Å². The standard InChI is InChI=1S/C16H32N2/c1-14-7-6-8-16(13-14)18(2)12-5-3-4-11-17-15-9-10-15/h14-17H,3-13H2,1-2H3. The van der Waals surface area contributed by atoms with Crippen LogP contribution in [0.25, 0.3) is 0 Å². The Morgan fingerprint density at radius 3 is 2.61 bits per heavy atom. The van der Waals surface area contributed by atoms with Gasteiger partial charge in [-0.3, -0.25) is 0 Å². The van der Waals surface area contributed by atoms with Crippen molar-refractivity contribution in [1.29, 1.82) is 0 Å². The van der Waals surface area contributed by atoms with Gasteiger partial charge in [0.25, 0.3) is 0 Å². The molecule has 2 aliphatic rings. The minimum atomic E-state index is 0.873. The highest BCUT2D eigenvalue weighted by Crippen LogP contribution is 2.26. The van der Waals surface area contributed by atoms with Crippen LogP contribution in [0.15, 0.2) is 0 Å². The van der Waals surface area contributed by atoms with Crippen molar-refractivity contribution in [1.82, 2.24) is 10.2 Å². The van der Waals surface area contributed by atoms with Gasteiger partial charge in [-0.1, -0.05) is 26.2 Å². The lowest BCUT2D eigenvalue weighted by Gasteiger charge is -2.34. The molecule has 0 aromatic carbocycles. The van der Waals surface area contributed by atoms with E-state index in [4.69, 9.17) is 0 Å². The van der Waals surface area contributed by atoms with E-state index in [9.17, 15) is 0 Å². The first kappa shape index (κ1) is 14.3. The van der Waals surface area contributed by atoms with E-state index in [1.807, 2.05) is 0 Å². The predicted molar refractivity (Wildman–Crippen MR) is 78.9 cm³/mol. The van der Waals surface area contributed by atoms with Crippen LogP contribution in [0.5, 0.6) is 0 Å². The Kier molecular flexibility index (Phi) is 5.97. The zero-order chi connectivity index (χ0) is 12.8. The van der Waals surface area contributed by atoms with E-state index in [1.165, 1.54) is 70.9 Å². The van der Waals surface area contributed by atoms with E-state index in [0.29, 0.717) is 0 Å². The van der Waals surface area contributed by atoms with Crippen LogP contribution >= 0.6 is 0 Å². The smallest absolute Gasteiger partial charge is 0.00947 e. The third-order valence-corrected chi connectivity index (χ3v) is 4.73. The van der Waals surface area contributed by atoms with Crippen molar-refractivity contribution in [2.24, 2.45) is 5.92 Å². The van der Waals surface area contributed by atoms with Gasteiger partial charge in [0.2, 0.25) is 0 Å². The summed E-state index contributed by atoms with van der Waals surface area (Å²) < 4.78 is 0. The summed E-state index contributed by atoms with van der Waals surface area (Å²) in [4.78, 5) is 2.63. The van der Waals surface area contributed by atoms with E-state index in [1.54, 1.807) is 0 Å². The topological polar surface area (TPSA) is 15.3 Å². The molecule has 0 aliphatic heterocycles. The summed E-state index contributed by atoms with van der Waals surface area (Å²) in [6.45, 7) is 4.97. The van der Waals surface area contributed by atoms with Crippen LogP contribution in [0.1, 0.15) is 64.7 Å². The van der Waals surface area contributed by atoms with Gasteiger partial charge in [0.15, 0.2) is 0 Å². The Bertz CT molecular complexity index is 225. The van der Waals surface area contributed by atoms with Crippen molar-refractivity contribution in [3.05, 3.63) is 0 Å². The molecule has 0 bridgehead atoms. The zero-order valence-electron chi connectivity index (χ0n) is 12.5. The summed E-state index contributed by atoms with van der Waals surface area (Å²) in [5.74, 6) is 0.953. The Morgan fingerprint density at radius 1 is 1.06 bits per heavy atom. The average Bonchev–Trinajstić information content (AvgIpc) is 3.17. The number of nitrogens with one attached hydrogen (secondary N) is 1. The van der Waals surface area contributed by atoms with Gasteiger partial charge < -0.3 is 10.2 Å². The Balaban J connectivity index is 1.46. The first-order valence-corrected chi connectivity index (χ1v) is 8.19. The Labute approximate surface area is 114 Å². The predicted octanol–water partition coefficient (Wildman–Crippen LogP) is 3.42. The number of rotatable bonds is 8. The van der Waals surface area contributed by atoms with Crippen LogP contribution in [-0.4, -0.2) is 37.1 Å². The van der Waals surface area contributed by atoms with E-state index < -0.39 is 0 Å². The fourth-order valence-electron chi connectivity index (χ4n) is 3.24. The highest BCUT2D eigenvalue weighted by molar-refractivity contribution is 4.80. The lowest BCUT2D eigenvalue weighted by molar-refractivity contribution is 0.161. The molecule has 0 spiro atoms. The fourth-order valence-corrected chi connectivity index (χ4v) is 3.24. The molecular formula is C16H32N2. The van der Waals surface area contributed by atoms with Crippen molar-refractivity contribution >= 4 is 0 Å². The van der Waals surface area contributed by atoms with Crippen molar-refractivity contribution in [3.8, 4) is 0 Å². The maximum atomic E-state index is 3.60. The molecule has 0 saturated heterocycles. The number of hydrogen-bond donors (Lipinski definition) is 1. The van der Waals surface area contributed by atoms with Gasteiger partial charge in [0, 0.05) is 12.1 Å². The molecule has 0 aromatic heterocycles. The van der Waals surface area contributed by atoms with E-state index in [-0.39, 0.29) is 0 Å². The molecule has 2 unspecified atom stereocenters. The zero-order valence-corrected chi connectivity index (χ0v) is 12.5. The Morgan fingerprint density at radius 2 is 1.89 bits per heavy atom. The second-order valence-corrected chi connectivity index (χ2v) is 6.70. The van der Waals surface area contributed by atoms with Gasteiger partial charge in [0.1, 0.15) is 0 Å². The molecule has 0 radical (unpaired) electrons. The number of nitrogens with zero attached hydrogens (tertiary/aromatic N) is 1. The molecule has 2 aliphatic carbocycles. The highest BCUT2D eigenvalue weighted by atomic mass is 15.1. The van der Waals surface area contributed by atoms with Crippen molar-refractivity contribution in [2.45, 2.75) is 76.8 Å². The monoisotopic (exact) mass is 252 g/mol. The SMILES string of the molecule is CC1CCCC(N(C)CCCCCNC2CC2)C1. The van der Waals surface area contributed by atoms with Crippen molar-refractivity contribution in [2.75, 3.05) is 20.1 Å². The molecule has 0 amide bonds. The second-order valence-electron chi connectivity index (χ2n) is 6.70. The minimum absolute atomic E-state index is 0.873. The van der Waals surface area contributed by atoms with Gasteiger partial charge >= 0.3 is 0 Å². The molecule has 2 heteroatoms. The summed E-state index contributed by atoms with van der Waals surface area (Å²) >= 11 is 0. The normalized spacial score (nSPS) is 28.8. The van der Waals surface area contributed by atoms with Crippen LogP contribution in [0, 0.1) is 5.92 Å². The third-order valence-electron chi connectivity index (χ3n) is 4.73.